The Morgan fingerprint density at radius 3 is 2.15 bits per heavy atom. The van der Waals surface area contributed by atoms with E-state index in [0.29, 0.717) is 11.3 Å². The van der Waals surface area contributed by atoms with Gasteiger partial charge in [0.15, 0.2) is 6.61 Å². The van der Waals surface area contributed by atoms with E-state index >= 15 is 0 Å². The van der Waals surface area contributed by atoms with Gasteiger partial charge >= 0.3 is 5.97 Å². The molecule has 0 bridgehead atoms. The summed E-state index contributed by atoms with van der Waals surface area (Å²) >= 11 is 0. The number of likely N-dealkylation sites (N-methyl/N-ethyl adjacent to an activating group) is 1. The molecule has 2 aromatic rings. The maximum Gasteiger partial charge on any atom is 0.326 e. The molecular weight excluding hydrogens is 348 g/mol. The molecule has 1 N–H and O–H groups in total. The van der Waals surface area contributed by atoms with Gasteiger partial charge in [0.05, 0.1) is 0 Å². The highest BCUT2D eigenvalue weighted by Gasteiger charge is 2.26. The van der Waals surface area contributed by atoms with Crippen LogP contribution in [0.4, 0.5) is 0 Å². The van der Waals surface area contributed by atoms with Crippen LogP contribution in [0.2, 0.25) is 0 Å². The molecule has 2 aromatic carbocycles. The van der Waals surface area contributed by atoms with Gasteiger partial charge in [-0.25, -0.2) is 0 Å². The van der Waals surface area contributed by atoms with E-state index in [0.717, 1.165) is 0 Å². The molecule has 0 fully saturated rings. The Bertz CT molecular complexity index is 762. The van der Waals surface area contributed by atoms with Gasteiger partial charge in [0.25, 0.3) is 11.8 Å². The summed E-state index contributed by atoms with van der Waals surface area (Å²) in [5, 5.41) is 2.41. The molecule has 0 saturated carbocycles. The lowest BCUT2D eigenvalue weighted by molar-refractivity contribution is -0.159. The molecule has 2 amide bonds. The smallest absolute Gasteiger partial charge is 0.326 e. The van der Waals surface area contributed by atoms with Gasteiger partial charge in [-0.1, -0.05) is 48.5 Å². The second kappa shape index (κ2) is 9.96. The van der Waals surface area contributed by atoms with Crippen LogP contribution in [0.3, 0.4) is 0 Å². The van der Waals surface area contributed by atoms with Crippen LogP contribution < -0.4 is 10.1 Å². The molecule has 0 heterocycles. The van der Waals surface area contributed by atoms with Gasteiger partial charge in [0.1, 0.15) is 12.3 Å². The lowest BCUT2D eigenvalue weighted by atomic mass is 10.1. The van der Waals surface area contributed by atoms with Gasteiger partial charge in [-0.3, -0.25) is 14.4 Å². The fraction of sp³-hybridized carbons (Fsp3) is 0.250. The van der Waals surface area contributed by atoms with Crippen LogP contribution in [0.1, 0.15) is 11.7 Å². The number of para-hydroxylation sites is 1. The Kier molecular flexibility index (Phi) is 7.37. The number of rotatable bonds is 8. The normalized spacial score (nSPS) is 11.2. The molecule has 27 heavy (non-hydrogen) atoms. The lowest BCUT2D eigenvalue weighted by Gasteiger charge is -2.21. The number of carbonyl (C=O) groups excluding carboxylic acids is 3. The SMILES string of the molecule is CN(C)C(=O)[C@@H](OC(=O)CNC(=O)COc1ccccc1)c1ccccc1. The van der Waals surface area contributed by atoms with Crippen molar-refractivity contribution in [3.05, 3.63) is 66.2 Å². The van der Waals surface area contributed by atoms with Gasteiger partial charge in [0, 0.05) is 19.7 Å². The Morgan fingerprint density at radius 2 is 1.56 bits per heavy atom. The first-order valence-electron chi connectivity index (χ1n) is 8.37. The predicted molar refractivity (Wildman–Crippen MR) is 98.9 cm³/mol. The van der Waals surface area contributed by atoms with Crippen molar-refractivity contribution in [2.45, 2.75) is 6.10 Å². The van der Waals surface area contributed by atoms with E-state index in [9.17, 15) is 14.4 Å². The van der Waals surface area contributed by atoms with Crippen molar-refractivity contribution in [1.82, 2.24) is 10.2 Å². The van der Waals surface area contributed by atoms with Gasteiger partial charge in [-0.2, -0.15) is 0 Å². The largest absolute Gasteiger partial charge is 0.484 e. The number of amides is 2. The highest BCUT2D eigenvalue weighted by molar-refractivity contribution is 5.87. The fourth-order valence-corrected chi connectivity index (χ4v) is 2.18. The molecule has 0 aliphatic heterocycles. The summed E-state index contributed by atoms with van der Waals surface area (Å²) in [7, 11) is 3.16. The number of esters is 1. The summed E-state index contributed by atoms with van der Waals surface area (Å²) in [5.74, 6) is -0.998. The third-order valence-corrected chi connectivity index (χ3v) is 3.56. The van der Waals surface area contributed by atoms with Crippen molar-refractivity contribution in [2.75, 3.05) is 27.2 Å². The Morgan fingerprint density at radius 1 is 0.963 bits per heavy atom. The average Bonchev–Trinajstić information content (AvgIpc) is 2.69. The molecule has 142 valence electrons. The van der Waals surface area contributed by atoms with Gasteiger partial charge < -0.3 is 19.7 Å². The molecule has 0 unspecified atom stereocenters. The number of carbonyl (C=O) groups is 3. The highest BCUT2D eigenvalue weighted by Crippen LogP contribution is 2.19. The minimum atomic E-state index is -1.06. The topological polar surface area (TPSA) is 84.9 Å². The number of nitrogens with one attached hydrogen (secondary N) is 1. The second-order valence-electron chi connectivity index (χ2n) is 5.89. The van der Waals surface area contributed by atoms with Gasteiger partial charge in [0.2, 0.25) is 6.10 Å². The van der Waals surface area contributed by atoms with E-state index in [1.165, 1.54) is 4.90 Å². The number of hydrogen-bond donors (Lipinski definition) is 1. The zero-order valence-corrected chi connectivity index (χ0v) is 15.3. The molecule has 2 rings (SSSR count). The monoisotopic (exact) mass is 370 g/mol. The van der Waals surface area contributed by atoms with Crippen molar-refractivity contribution in [3.8, 4) is 5.75 Å². The maximum absolute atomic E-state index is 12.3. The van der Waals surface area contributed by atoms with Gasteiger partial charge in [-0.15, -0.1) is 0 Å². The molecular formula is C20H22N2O5. The van der Waals surface area contributed by atoms with Crippen LogP contribution in [-0.4, -0.2) is 49.9 Å². The van der Waals surface area contributed by atoms with Crippen molar-refractivity contribution < 1.29 is 23.9 Å². The molecule has 0 aliphatic carbocycles. The minimum Gasteiger partial charge on any atom is -0.484 e. The van der Waals surface area contributed by atoms with E-state index in [1.807, 2.05) is 6.07 Å². The first-order chi connectivity index (χ1) is 13.0. The number of benzene rings is 2. The predicted octanol–water partition coefficient (Wildman–Crippen LogP) is 1.55. The van der Waals surface area contributed by atoms with E-state index < -0.39 is 18.0 Å². The summed E-state index contributed by atoms with van der Waals surface area (Å²) in [6.45, 7) is -0.586. The molecule has 0 radical (unpaired) electrons. The van der Waals surface area contributed by atoms with Crippen molar-refractivity contribution in [2.24, 2.45) is 0 Å². The van der Waals surface area contributed by atoms with E-state index in [-0.39, 0.29) is 19.1 Å². The van der Waals surface area contributed by atoms with Crippen LogP contribution in [0.15, 0.2) is 60.7 Å². The zero-order chi connectivity index (χ0) is 19.6. The average molecular weight is 370 g/mol. The Hall–Kier alpha value is -3.35. The van der Waals surface area contributed by atoms with Crippen molar-refractivity contribution >= 4 is 17.8 Å². The fourth-order valence-electron chi connectivity index (χ4n) is 2.18. The number of ether oxygens (including phenoxy) is 2. The molecule has 0 aromatic heterocycles. The molecule has 0 saturated heterocycles. The third-order valence-electron chi connectivity index (χ3n) is 3.56. The molecule has 7 nitrogen and oxygen atoms in total. The third kappa shape index (κ3) is 6.47. The number of nitrogens with zero attached hydrogens (tertiary/aromatic N) is 1. The second-order valence-corrected chi connectivity index (χ2v) is 5.89. The van der Waals surface area contributed by atoms with E-state index in [1.54, 1.807) is 68.7 Å². The Labute approximate surface area is 157 Å². The molecule has 0 spiro atoms. The van der Waals surface area contributed by atoms with Crippen LogP contribution in [0.25, 0.3) is 0 Å². The summed E-state index contributed by atoms with van der Waals surface area (Å²) < 4.78 is 10.6. The summed E-state index contributed by atoms with van der Waals surface area (Å²) in [5.41, 5.74) is 0.559. The summed E-state index contributed by atoms with van der Waals surface area (Å²) in [6.07, 6.45) is -1.06. The maximum atomic E-state index is 12.3. The van der Waals surface area contributed by atoms with Crippen LogP contribution in [-0.2, 0) is 19.1 Å². The summed E-state index contributed by atoms with van der Waals surface area (Å²) in [4.78, 5) is 37.5. The highest BCUT2D eigenvalue weighted by atomic mass is 16.5. The quantitative estimate of drug-likeness (QED) is 0.713. The minimum absolute atomic E-state index is 0.226. The van der Waals surface area contributed by atoms with E-state index in [4.69, 9.17) is 9.47 Å². The van der Waals surface area contributed by atoms with Crippen LogP contribution in [0.5, 0.6) is 5.75 Å². The number of hydrogen-bond acceptors (Lipinski definition) is 5. The van der Waals surface area contributed by atoms with Gasteiger partial charge in [-0.05, 0) is 12.1 Å². The standard InChI is InChI=1S/C20H22N2O5/c1-22(2)20(25)19(15-9-5-3-6-10-15)27-18(24)13-21-17(23)14-26-16-11-7-4-8-12-16/h3-12,19H,13-14H2,1-2H3,(H,21,23)/t19-/m0/s1. The van der Waals surface area contributed by atoms with Crippen LogP contribution in [0, 0.1) is 0 Å². The first kappa shape index (κ1) is 20.0. The summed E-state index contributed by atoms with van der Waals surface area (Å²) in [6, 6.07) is 17.6. The Balaban J connectivity index is 1.86. The van der Waals surface area contributed by atoms with Crippen LogP contribution >= 0.6 is 0 Å². The molecule has 0 aliphatic rings. The molecule has 7 heteroatoms. The van der Waals surface area contributed by atoms with Crippen molar-refractivity contribution in [3.63, 3.8) is 0 Å². The first-order valence-corrected chi connectivity index (χ1v) is 8.37. The lowest BCUT2D eigenvalue weighted by Crippen LogP contribution is -2.37. The van der Waals surface area contributed by atoms with Crippen molar-refractivity contribution in [1.29, 1.82) is 0 Å². The van der Waals surface area contributed by atoms with E-state index in [2.05, 4.69) is 5.32 Å². The molecule has 1 atom stereocenters. The zero-order valence-electron chi connectivity index (χ0n) is 15.3.